The van der Waals surface area contributed by atoms with Gasteiger partial charge in [0.15, 0.2) is 0 Å². The molecular formula is C16H13FN4. The van der Waals surface area contributed by atoms with E-state index in [4.69, 9.17) is 10.5 Å². The van der Waals surface area contributed by atoms with Crippen LogP contribution in [0.25, 0.3) is 0 Å². The lowest BCUT2D eigenvalue weighted by Gasteiger charge is -2.24. The van der Waals surface area contributed by atoms with E-state index in [1.165, 1.54) is 12.1 Å². The van der Waals surface area contributed by atoms with E-state index in [9.17, 15) is 4.39 Å². The highest BCUT2D eigenvalue weighted by molar-refractivity contribution is 5.51. The van der Waals surface area contributed by atoms with E-state index >= 15 is 0 Å². The Kier molecular flexibility index (Phi) is 4.84. The van der Waals surface area contributed by atoms with Gasteiger partial charge in [0.25, 0.3) is 0 Å². The van der Waals surface area contributed by atoms with Crippen molar-refractivity contribution < 1.29 is 4.39 Å². The zero-order valence-electron chi connectivity index (χ0n) is 11.3. The van der Waals surface area contributed by atoms with Gasteiger partial charge < -0.3 is 4.90 Å². The molecule has 4 nitrogen and oxygen atoms in total. The van der Waals surface area contributed by atoms with E-state index in [0.717, 1.165) is 5.56 Å². The minimum Gasteiger partial charge on any atom is -0.366 e. The molecule has 0 aliphatic heterocycles. The Labute approximate surface area is 122 Å². The Morgan fingerprint density at radius 2 is 2.10 bits per heavy atom. The smallest absolute Gasteiger partial charge is 0.143 e. The molecule has 1 aromatic heterocycles. The van der Waals surface area contributed by atoms with Crippen LogP contribution >= 0.6 is 0 Å². The molecular weight excluding hydrogens is 267 g/mol. The SMILES string of the molecule is N#CCCN(Cc1cccnc1)c1ccc(C#N)c(F)c1. The molecule has 2 aromatic rings. The summed E-state index contributed by atoms with van der Waals surface area (Å²) in [6.45, 7) is 1.01. The summed E-state index contributed by atoms with van der Waals surface area (Å²) in [6, 6.07) is 12.1. The lowest BCUT2D eigenvalue weighted by atomic mass is 10.1. The number of halogens is 1. The molecule has 5 heteroatoms. The van der Waals surface area contributed by atoms with Crippen molar-refractivity contribution in [1.82, 2.24) is 4.98 Å². The van der Waals surface area contributed by atoms with Gasteiger partial charge in [-0.1, -0.05) is 6.07 Å². The fraction of sp³-hybridized carbons (Fsp3) is 0.188. The van der Waals surface area contributed by atoms with Crippen LogP contribution in [-0.4, -0.2) is 11.5 Å². The molecule has 0 saturated heterocycles. The van der Waals surface area contributed by atoms with Crippen molar-refractivity contribution in [3.05, 3.63) is 59.7 Å². The van der Waals surface area contributed by atoms with E-state index in [1.807, 2.05) is 17.0 Å². The van der Waals surface area contributed by atoms with Crippen LogP contribution in [0.5, 0.6) is 0 Å². The number of anilines is 1. The van der Waals surface area contributed by atoms with Crippen LogP contribution in [0.1, 0.15) is 17.5 Å². The minimum absolute atomic E-state index is 0.0142. The van der Waals surface area contributed by atoms with Gasteiger partial charge in [0.1, 0.15) is 11.9 Å². The van der Waals surface area contributed by atoms with Gasteiger partial charge in [-0.2, -0.15) is 10.5 Å². The highest BCUT2D eigenvalue weighted by Crippen LogP contribution is 2.20. The molecule has 1 aromatic carbocycles. The largest absolute Gasteiger partial charge is 0.366 e. The summed E-state index contributed by atoms with van der Waals surface area (Å²) in [5, 5.41) is 17.5. The van der Waals surface area contributed by atoms with Crippen molar-refractivity contribution in [3.63, 3.8) is 0 Å². The normalized spacial score (nSPS) is 9.67. The van der Waals surface area contributed by atoms with Gasteiger partial charge >= 0.3 is 0 Å². The lowest BCUT2D eigenvalue weighted by molar-refractivity contribution is 0.622. The maximum absolute atomic E-state index is 13.7. The number of aromatic nitrogens is 1. The first-order chi connectivity index (χ1) is 10.2. The third kappa shape index (κ3) is 3.77. The van der Waals surface area contributed by atoms with Gasteiger partial charge in [-0.3, -0.25) is 4.98 Å². The molecule has 2 rings (SSSR count). The summed E-state index contributed by atoms with van der Waals surface area (Å²) in [4.78, 5) is 5.94. The number of rotatable bonds is 5. The summed E-state index contributed by atoms with van der Waals surface area (Å²) in [5.41, 5.74) is 1.63. The molecule has 0 N–H and O–H groups in total. The van der Waals surface area contributed by atoms with Crippen LogP contribution in [-0.2, 0) is 6.54 Å². The first-order valence-corrected chi connectivity index (χ1v) is 6.45. The number of pyridine rings is 1. The molecule has 0 saturated carbocycles. The molecule has 104 valence electrons. The second kappa shape index (κ2) is 7.02. The van der Waals surface area contributed by atoms with Crippen molar-refractivity contribution in [2.45, 2.75) is 13.0 Å². The van der Waals surface area contributed by atoms with Crippen molar-refractivity contribution in [1.29, 1.82) is 10.5 Å². The zero-order valence-corrected chi connectivity index (χ0v) is 11.3. The molecule has 21 heavy (non-hydrogen) atoms. The molecule has 0 atom stereocenters. The second-order valence-electron chi connectivity index (χ2n) is 4.47. The number of hydrogen-bond donors (Lipinski definition) is 0. The molecule has 0 fully saturated rings. The van der Waals surface area contributed by atoms with Crippen LogP contribution < -0.4 is 4.90 Å². The fourth-order valence-electron chi connectivity index (χ4n) is 1.99. The maximum Gasteiger partial charge on any atom is 0.143 e. The second-order valence-corrected chi connectivity index (χ2v) is 4.47. The van der Waals surface area contributed by atoms with Gasteiger partial charge in [-0.15, -0.1) is 0 Å². The highest BCUT2D eigenvalue weighted by atomic mass is 19.1. The molecule has 0 spiro atoms. The Hall–Kier alpha value is -2.92. The van der Waals surface area contributed by atoms with Crippen LogP contribution in [0.2, 0.25) is 0 Å². The fourth-order valence-corrected chi connectivity index (χ4v) is 1.99. The number of hydrogen-bond acceptors (Lipinski definition) is 4. The van der Waals surface area contributed by atoms with Crippen molar-refractivity contribution in [2.75, 3.05) is 11.4 Å². The molecule has 0 aliphatic carbocycles. The van der Waals surface area contributed by atoms with Gasteiger partial charge in [0.2, 0.25) is 0 Å². The quantitative estimate of drug-likeness (QED) is 0.844. The molecule has 0 bridgehead atoms. The highest BCUT2D eigenvalue weighted by Gasteiger charge is 2.10. The maximum atomic E-state index is 13.7. The average molecular weight is 280 g/mol. The van der Waals surface area contributed by atoms with Gasteiger partial charge in [-0.05, 0) is 29.8 Å². The predicted octanol–water partition coefficient (Wildman–Crippen LogP) is 3.01. The summed E-state index contributed by atoms with van der Waals surface area (Å²) in [7, 11) is 0. The Balaban J connectivity index is 2.25. The summed E-state index contributed by atoms with van der Waals surface area (Å²) in [6.07, 6.45) is 3.76. The van der Waals surface area contributed by atoms with E-state index in [0.29, 0.717) is 25.2 Å². The monoisotopic (exact) mass is 280 g/mol. The summed E-state index contributed by atoms with van der Waals surface area (Å²) < 4.78 is 13.7. The zero-order chi connectivity index (χ0) is 15.1. The van der Waals surface area contributed by atoms with Crippen LogP contribution in [0.3, 0.4) is 0 Å². The molecule has 0 unspecified atom stereocenters. The van der Waals surface area contributed by atoms with Crippen molar-refractivity contribution >= 4 is 5.69 Å². The molecule has 1 heterocycles. The van der Waals surface area contributed by atoms with Gasteiger partial charge in [0, 0.05) is 31.2 Å². The van der Waals surface area contributed by atoms with E-state index in [-0.39, 0.29) is 5.56 Å². The Morgan fingerprint density at radius 1 is 1.24 bits per heavy atom. The van der Waals surface area contributed by atoms with Gasteiger partial charge in [0.05, 0.1) is 18.1 Å². The van der Waals surface area contributed by atoms with Crippen LogP contribution in [0.15, 0.2) is 42.7 Å². The van der Waals surface area contributed by atoms with Crippen LogP contribution in [0.4, 0.5) is 10.1 Å². The standard InChI is InChI=1S/C16H13FN4/c17-16-9-15(5-4-14(16)10-19)21(8-2-6-18)12-13-3-1-7-20-11-13/h1,3-5,7,9,11H,2,8,12H2. The predicted molar refractivity (Wildman–Crippen MR) is 76.6 cm³/mol. The first-order valence-electron chi connectivity index (χ1n) is 6.45. The lowest BCUT2D eigenvalue weighted by Crippen LogP contribution is -2.24. The Bertz CT molecular complexity index is 686. The summed E-state index contributed by atoms with van der Waals surface area (Å²) in [5.74, 6) is -0.553. The molecule has 0 aliphatic rings. The molecule has 0 radical (unpaired) electrons. The summed E-state index contributed by atoms with van der Waals surface area (Å²) >= 11 is 0. The van der Waals surface area contributed by atoms with Crippen molar-refractivity contribution in [3.8, 4) is 12.1 Å². The molecule has 0 amide bonds. The van der Waals surface area contributed by atoms with E-state index < -0.39 is 5.82 Å². The number of nitriles is 2. The first kappa shape index (κ1) is 14.5. The Morgan fingerprint density at radius 3 is 2.71 bits per heavy atom. The van der Waals surface area contributed by atoms with E-state index in [1.54, 1.807) is 24.5 Å². The topological polar surface area (TPSA) is 63.7 Å². The van der Waals surface area contributed by atoms with Gasteiger partial charge in [-0.25, -0.2) is 4.39 Å². The van der Waals surface area contributed by atoms with E-state index in [2.05, 4.69) is 11.1 Å². The average Bonchev–Trinajstić information content (AvgIpc) is 2.52. The third-order valence-corrected chi connectivity index (χ3v) is 3.03. The minimum atomic E-state index is -0.553. The number of nitrogens with zero attached hydrogens (tertiary/aromatic N) is 4. The van der Waals surface area contributed by atoms with Crippen LogP contribution in [0, 0.1) is 28.5 Å². The van der Waals surface area contributed by atoms with Crippen molar-refractivity contribution in [2.24, 2.45) is 0 Å². The third-order valence-electron chi connectivity index (χ3n) is 3.03. The number of benzene rings is 1.